The van der Waals surface area contributed by atoms with Crippen LogP contribution in [-0.4, -0.2) is 24.5 Å². The number of anilines is 1. The van der Waals surface area contributed by atoms with E-state index in [0.29, 0.717) is 0 Å². The molecule has 0 bridgehead atoms. The van der Waals surface area contributed by atoms with E-state index in [2.05, 4.69) is 22.3 Å². The Labute approximate surface area is 119 Å². The first kappa shape index (κ1) is 14.1. The van der Waals surface area contributed by atoms with Crippen molar-refractivity contribution in [1.82, 2.24) is 4.90 Å². The van der Waals surface area contributed by atoms with Gasteiger partial charge in [0.25, 0.3) is 0 Å². The predicted molar refractivity (Wildman–Crippen MR) is 78.8 cm³/mol. The van der Waals surface area contributed by atoms with Crippen molar-refractivity contribution < 1.29 is 0 Å². The highest BCUT2D eigenvalue weighted by Crippen LogP contribution is 2.13. The fourth-order valence-corrected chi connectivity index (χ4v) is 2.31. The highest BCUT2D eigenvalue weighted by molar-refractivity contribution is 5.50. The number of hydrogen-bond acceptors (Lipinski definition) is 4. The molecule has 1 fully saturated rings. The Bertz CT molecular complexity index is 523. The minimum absolute atomic E-state index is 0.0723. The van der Waals surface area contributed by atoms with Crippen molar-refractivity contribution in [2.45, 2.75) is 19.3 Å². The Morgan fingerprint density at radius 2 is 1.80 bits per heavy atom. The normalized spacial score (nSPS) is 14.3. The van der Waals surface area contributed by atoms with Crippen molar-refractivity contribution >= 4 is 5.69 Å². The zero-order valence-electron chi connectivity index (χ0n) is 11.5. The van der Waals surface area contributed by atoms with E-state index in [9.17, 15) is 0 Å². The molecule has 2 rings (SSSR count). The van der Waals surface area contributed by atoms with Gasteiger partial charge in [-0.25, -0.2) is 0 Å². The second kappa shape index (κ2) is 7.33. The van der Waals surface area contributed by atoms with Crippen LogP contribution in [0.3, 0.4) is 0 Å². The fourth-order valence-electron chi connectivity index (χ4n) is 2.31. The van der Waals surface area contributed by atoms with Crippen LogP contribution in [0, 0.1) is 22.7 Å². The molecule has 4 heteroatoms. The van der Waals surface area contributed by atoms with Crippen LogP contribution in [0.5, 0.6) is 0 Å². The second-order valence-electron chi connectivity index (χ2n) is 4.92. The number of hydrogen-bond donors (Lipinski definition) is 1. The van der Waals surface area contributed by atoms with Gasteiger partial charge in [0.1, 0.15) is 17.7 Å². The number of nitriles is 2. The molecule has 1 aliphatic rings. The van der Waals surface area contributed by atoms with Crippen molar-refractivity contribution in [2.24, 2.45) is 0 Å². The van der Waals surface area contributed by atoms with Gasteiger partial charge in [0.2, 0.25) is 0 Å². The summed E-state index contributed by atoms with van der Waals surface area (Å²) in [4.78, 5) is 2.50. The van der Waals surface area contributed by atoms with Crippen molar-refractivity contribution in [3.63, 3.8) is 0 Å². The van der Waals surface area contributed by atoms with Crippen LogP contribution in [0.25, 0.3) is 0 Å². The Morgan fingerprint density at radius 1 is 1.15 bits per heavy atom. The van der Waals surface area contributed by atoms with Crippen LogP contribution < -0.4 is 5.32 Å². The number of likely N-dealkylation sites (tertiary alicyclic amines) is 1. The van der Waals surface area contributed by atoms with Crippen LogP contribution in [0.1, 0.15) is 18.4 Å². The summed E-state index contributed by atoms with van der Waals surface area (Å²) in [5, 5.41) is 20.2. The number of rotatable bonds is 5. The monoisotopic (exact) mass is 266 g/mol. The van der Waals surface area contributed by atoms with Gasteiger partial charge in [0, 0.05) is 18.4 Å². The van der Waals surface area contributed by atoms with Gasteiger partial charge in [0.05, 0.1) is 0 Å². The minimum atomic E-state index is 0.0723. The number of benzene rings is 1. The van der Waals surface area contributed by atoms with Gasteiger partial charge >= 0.3 is 0 Å². The summed E-state index contributed by atoms with van der Waals surface area (Å²) in [7, 11) is 0. The van der Waals surface area contributed by atoms with E-state index >= 15 is 0 Å². The molecule has 1 aromatic carbocycles. The molecule has 1 aliphatic heterocycles. The summed E-state index contributed by atoms with van der Waals surface area (Å²) < 4.78 is 0. The SMILES string of the molecule is N#CC(C#N)=CNc1ccc(CCN2CCCC2)cc1. The number of nitrogens with one attached hydrogen (secondary N) is 1. The van der Waals surface area contributed by atoms with E-state index in [4.69, 9.17) is 10.5 Å². The number of nitrogens with zero attached hydrogens (tertiary/aromatic N) is 3. The highest BCUT2D eigenvalue weighted by Gasteiger charge is 2.10. The van der Waals surface area contributed by atoms with Gasteiger partial charge < -0.3 is 10.2 Å². The molecular formula is C16H18N4. The average Bonchev–Trinajstić information content (AvgIpc) is 3.01. The van der Waals surface area contributed by atoms with Crippen LogP contribution in [0.15, 0.2) is 36.0 Å². The Morgan fingerprint density at radius 3 is 2.40 bits per heavy atom. The van der Waals surface area contributed by atoms with Gasteiger partial charge in [-0.3, -0.25) is 0 Å². The molecule has 4 nitrogen and oxygen atoms in total. The third kappa shape index (κ3) is 4.12. The molecule has 0 spiro atoms. The molecule has 1 N–H and O–H groups in total. The summed E-state index contributed by atoms with van der Waals surface area (Å²) in [5.41, 5.74) is 2.27. The lowest BCUT2D eigenvalue weighted by atomic mass is 10.1. The molecule has 20 heavy (non-hydrogen) atoms. The van der Waals surface area contributed by atoms with Gasteiger partial charge in [0.15, 0.2) is 0 Å². The summed E-state index contributed by atoms with van der Waals surface area (Å²) in [6, 6.07) is 11.8. The highest BCUT2D eigenvalue weighted by atomic mass is 15.1. The van der Waals surface area contributed by atoms with E-state index < -0.39 is 0 Å². The summed E-state index contributed by atoms with van der Waals surface area (Å²) >= 11 is 0. The van der Waals surface area contributed by atoms with Crippen LogP contribution in [-0.2, 0) is 6.42 Å². The summed E-state index contributed by atoms with van der Waals surface area (Å²) in [5.74, 6) is 0. The van der Waals surface area contributed by atoms with E-state index in [-0.39, 0.29) is 5.57 Å². The third-order valence-electron chi connectivity index (χ3n) is 3.49. The molecule has 0 unspecified atom stereocenters. The van der Waals surface area contributed by atoms with E-state index in [0.717, 1.165) is 18.7 Å². The second-order valence-corrected chi connectivity index (χ2v) is 4.92. The van der Waals surface area contributed by atoms with Crippen molar-refractivity contribution in [3.8, 4) is 12.1 Å². The van der Waals surface area contributed by atoms with Crippen LogP contribution in [0.4, 0.5) is 5.69 Å². The third-order valence-corrected chi connectivity index (χ3v) is 3.49. The molecular weight excluding hydrogens is 248 g/mol. The maximum atomic E-state index is 8.64. The molecule has 102 valence electrons. The lowest BCUT2D eigenvalue weighted by Crippen LogP contribution is -2.21. The summed E-state index contributed by atoms with van der Waals surface area (Å²) in [6.45, 7) is 3.59. The topological polar surface area (TPSA) is 62.9 Å². The maximum absolute atomic E-state index is 8.64. The quantitative estimate of drug-likeness (QED) is 0.832. The first-order valence-corrected chi connectivity index (χ1v) is 6.90. The first-order chi connectivity index (χ1) is 9.81. The zero-order chi connectivity index (χ0) is 14.2. The first-order valence-electron chi connectivity index (χ1n) is 6.90. The average molecular weight is 266 g/mol. The molecule has 0 saturated carbocycles. The van der Waals surface area contributed by atoms with Gasteiger partial charge in [-0.05, 0) is 50.0 Å². The predicted octanol–water partition coefficient (Wildman–Crippen LogP) is 2.67. The lowest BCUT2D eigenvalue weighted by molar-refractivity contribution is 0.343. The van der Waals surface area contributed by atoms with E-state index in [1.165, 1.54) is 37.7 Å². The van der Waals surface area contributed by atoms with Gasteiger partial charge in [-0.15, -0.1) is 0 Å². The molecule has 0 radical (unpaired) electrons. The van der Waals surface area contributed by atoms with E-state index in [1.807, 2.05) is 24.3 Å². The van der Waals surface area contributed by atoms with Gasteiger partial charge in [-0.1, -0.05) is 12.1 Å². The van der Waals surface area contributed by atoms with Crippen LogP contribution >= 0.6 is 0 Å². The Balaban J connectivity index is 1.85. The molecule has 1 heterocycles. The van der Waals surface area contributed by atoms with Crippen LogP contribution in [0.2, 0.25) is 0 Å². The molecule has 0 aliphatic carbocycles. The standard InChI is InChI=1S/C16H18N4/c17-11-15(12-18)13-19-16-5-3-14(4-6-16)7-10-20-8-1-2-9-20/h3-6,13,19H,1-2,7-10H2. The summed E-state index contributed by atoms with van der Waals surface area (Å²) in [6.07, 6.45) is 5.15. The molecule has 0 amide bonds. The van der Waals surface area contributed by atoms with Gasteiger partial charge in [-0.2, -0.15) is 10.5 Å². The molecule has 1 saturated heterocycles. The Kier molecular flexibility index (Phi) is 5.17. The Hall–Kier alpha value is -2.30. The van der Waals surface area contributed by atoms with Crippen molar-refractivity contribution in [3.05, 3.63) is 41.6 Å². The lowest BCUT2D eigenvalue weighted by Gasteiger charge is -2.14. The van der Waals surface area contributed by atoms with Crippen molar-refractivity contribution in [1.29, 1.82) is 10.5 Å². The smallest absolute Gasteiger partial charge is 0.145 e. The minimum Gasteiger partial charge on any atom is -0.360 e. The maximum Gasteiger partial charge on any atom is 0.145 e. The molecule has 1 aromatic rings. The van der Waals surface area contributed by atoms with E-state index in [1.54, 1.807) is 0 Å². The number of allylic oxidation sites excluding steroid dienone is 1. The largest absolute Gasteiger partial charge is 0.360 e. The fraction of sp³-hybridized carbons (Fsp3) is 0.375. The zero-order valence-corrected chi connectivity index (χ0v) is 11.5. The molecule has 0 atom stereocenters. The molecule has 0 aromatic heterocycles. The van der Waals surface area contributed by atoms with Crippen molar-refractivity contribution in [2.75, 3.05) is 25.0 Å².